The van der Waals surface area contributed by atoms with Gasteiger partial charge in [0.2, 0.25) is 0 Å². The molecule has 18 heavy (non-hydrogen) atoms. The van der Waals surface area contributed by atoms with Gasteiger partial charge in [0.25, 0.3) is 0 Å². The van der Waals surface area contributed by atoms with Crippen LogP contribution in [0.2, 0.25) is 0 Å². The van der Waals surface area contributed by atoms with Crippen molar-refractivity contribution in [2.24, 2.45) is 5.73 Å². The minimum atomic E-state index is -0.0290. The fourth-order valence-electron chi connectivity index (χ4n) is 1.65. The van der Waals surface area contributed by atoms with Crippen LogP contribution in [0.1, 0.15) is 24.9 Å². The van der Waals surface area contributed by atoms with Crippen LogP contribution in [0.4, 0.5) is 0 Å². The highest BCUT2D eigenvalue weighted by atomic mass is 79.9. The van der Waals surface area contributed by atoms with Crippen molar-refractivity contribution < 1.29 is 9.47 Å². The molecule has 1 unspecified atom stereocenters. The first-order chi connectivity index (χ1) is 8.65. The number of halogens is 1. The number of thioether (sulfide) groups is 1. The molecule has 2 N–H and O–H groups in total. The molecule has 0 radical (unpaired) electrons. The molecule has 0 heterocycles. The average molecular weight is 334 g/mol. The van der Waals surface area contributed by atoms with E-state index in [0.29, 0.717) is 0 Å². The van der Waals surface area contributed by atoms with Gasteiger partial charge in [-0.2, -0.15) is 11.8 Å². The van der Waals surface area contributed by atoms with Crippen molar-refractivity contribution >= 4 is 27.7 Å². The molecule has 0 aromatic heterocycles. The van der Waals surface area contributed by atoms with Gasteiger partial charge in [-0.05, 0) is 40.2 Å². The molecule has 3 nitrogen and oxygen atoms in total. The SMILES string of the molecule is CCCSCC(N)c1ccc(OC)c(Br)c1OC. The van der Waals surface area contributed by atoms with E-state index in [1.165, 1.54) is 6.42 Å². The van der Waals surface area contributed by atoms with Crippen molar-refractivity contribution in [2.75, 3.05) is 25.7 Å². The van der Waals surface area contributed by atoms with Crippen LogP contribution in [0.3, 0.4) is 0 Å². The molecule has 1 atom stereocenters. The van der Waals surface area contributed by atoms with Gasteiger partial charge in [-0.1, -0.05) is 6.92 Å². The Balaban J connectivity index is 2.90. The Hall–Kier alpha value is -0.390. The predicted octanol–water partition coefficient (Wildman–Crippen LogP) is 3.61. The number of rotatable bonds is 7. The number of ether oxygens (including phenoxy) is 2. The van der Waals surface area contributed by atoms with Gasteiger partial charge in [-0.15, -0.1) is 0 Å². The molecule has 0 saturated heterocycles. The van der Waals surface area contributed by atoms with E-state index < -0.39 is 0 Å². The van der Waals surface area contributed by atoms with E-state index in [2.05, 4.69) is 22.9 Å². The van der Waals surface area contributed by atoms with Crippen LogP contribution in [0.25, 0.3) is 0 Å². The molecule has 0 fully saturated rings. The van der Waals surface area contributed by atoms with Crippen LogP contribution in [0, 0.1) is 0 Å². The lowest BCUT2D eigenvalue weighted by Crippen LogP contribution is -2.14. The van der Waals surface area contributed by atoms with E-state index in [4.69, 9.17) is 15.2 Å². The highest BCUT2D eigenvalue weighted by Gasteiger charge is 2.17. The van der Waals surface area contributed by atoms with Crippen LogP contribution in [0.15, 0.2) is 16.6 Å². The highest BCUT2D eigenvalue weighted by Crippen LogP contribution is 2.39. The second-order valence-corrected chi connectivity index (χ2v) is 5.83. The van der Waals surface area contributed by atoms with Crippen LogP contribution in [-0.2, 0) is 0 Å². The van der Waals surface area contributed by atoms with Crippen molar-refractivity contribution in [3.05, 3.63) is 22.2 Å². The molecule has 0 aliphatic carbocycles. The Morgan fingerprint density at radius 3 is 2.61 bits per heavy atom. The second kappa shape index (κ2) is 7.92. The maximum absolute atomic E-state index is 6.21. The maximum Gasteiger partial charge on any atom is 0.141 e. The third-order valence-electron chi connectivity index (χ3n) is 2.56. The minimum Gasteiger partial charge on any atom is -0.495 e. The maximum atomic E-state index is 6.21. The first-order valence-electron chi connectivity index (χ1n) is 5.89. The van der Waals surface area contributed by atoms with E-state index in [9.17, 15) is 0 Å². The summed E-state index contributed by atoms with van der Waals surface area (Å²) >= 11 is 5.35. The van der Waals surface area contributed by atoms with Crippen molar-refractivity contribution in [1.82, 2.24) is 0 Å². The zero-order chi connectivity index (χ0) is 13.5. The Labute approximate surface area is 122 Å². The summed E-state index contributed by atoms with van der Waals surface area (Å²) in [6.07, 6.45) is 1.17. The lowest BCUT2D eigenvalue weighted by atomic mass is 10.1. The molecule has 0 aliphatic heterocycles. The zero-order valence-electron chi connectivity index (χ0n) is 11.0. The summed E-state index contributed by atoms with van der Waals surface area (Å²) in [5.41, 5.74) is 7.22. The third kappa shape index (κ3) is 3.80. The molecule has 1 aromatic carbocycles. The second-order valence-electron chi connectivity index (χ2n) is 3.89. The summed E-state index contributed by atoms with van der Waals surface area (Å²) < 4.78 is 11.5. The summed E-state index contributed by atoms with van der Waals surface area (Å²) in [6.45, 7) is 2.17. The monoisotopic (exact) mass is 333 g/mol. The van der Waals surface area contributed by atoms with Gasteiger partial charge in [0.05, 0.1) is 14.2 Å². The number of methoxy groups -OCH3 is 2. The number of nitrogens with two attached hydrogens (primary N) is 1. The highest BCUT2D eigenvalue weighted by molar-refractivity contribution is 9.10. The molecule has 0 spiro atoms. The number of benzene rings is 1. The summed E-state index contributed by atoms with van der Waals surface area (Å²) in [5.74, 6) is 3.54. The standard InChI is InChI=1S/C13H20BrNO2S/c1-4-7-18-8-10(15)9-5-6-11(16-2)12(14)13(9)17-3/h5-6,10H,4,7-8,15H2,1-3H3. The van der Waals surface area contributed by atoms with Gasteiger partial charge in [0.1, 0.15) is 16.0 Å². The first kappa shape index (κ1) is 15.7. The van der Waals surface area contributed by atoms with Crippen molar-refractivity contribution in [3.8, 4) is 11.5 Å². The van der Waals surface area contributed by atoms with Gasteiger partial charge in [0, 0.05) is 17.4 Å². The summed E-state index contributed by atoms with van der Waals surface area (Å²) in [6, 6.07) is 3.85. The third-order valence-corrected chi connectivity index (χ3v) is 4.60. The fraction of sp³-hybridized carbons (Fsp3) is 0.538. The van der Waals surface area contributed by atoms with Crippen LogP contribution >= 0.6 is 27.7 Å². The summed E-state index contributed by atoms with van der Waals surface area (Å²) in [7, 11) is 3.28. The van der Waals surface area contributed by atoms with Crippen LogP contribution in [0.5, 0.6) is 11.5 Å². The van der Waals surface area contributed by atoms with Crippen LogP contribution < -0.4 is 15.2 Å². The lowest BCUT2D eigenvalue weighted by Gasteiger charge is -2.18. The molecule has 0 amide bonds. The van der Waals surface area contributed by atoms with Gasteiger partial charge in [0.15, 0.2) is 0 Å². The van der Waals surface area contributed by atoms with E-state index >= 15 is 0 Å². The zero-order valence-corrected chi connectivity index (χ0v) is 13.4. The topological polar surface area (TPSA) is 44.5 Å². The molecule has 102 valence electrons. The van der Waals surface area contributed by atoms with Crippen molar-refractivity contribution in [2.45, 2.75) is 19.4 Å². The summed E-state index contributed by atoms with van der Waals surface area (Å²) in [5, 5.41) is 0. The Kier molecular flexibility index (Phi) is 6.89. The average Bonchev–Trinajstić information content (AvgIpc) is 2.38. The normalized spacial score (nSPS) is 12.3. The number of hydrogen-bond acceptors (Lipinski definition) is 4. The Morgan fingerprint density at radius 2 is 2.06 bits per heavy atom. The van der Waals surface area contributed by atoms with E-state index in [1.807, 2.05) is 23.9 Å². The van der Waals surface area contributed by atoms with Gasteiger partial charge in [-0.25, -0.2) is 0 Å². The molecule has 1 rings (SSSR count). The van der Waals surface area contributed by atoms with Crippen molar-refractivity contribution in [1.29, 1.82) is 0 Å². The first-order valence-corrected chi connectivity index (χ1v) is 7.84. The molecule has 1 aromatic rings. The quantitative estimate of drug-likeness (QED) is 0.774. The number of hydrogen-bond donors (Lipinski definition) is 1. The van der Waals surface area contributed by atoms with Crippen LogP contribution in [-0.4, -0.2) is 25.7 Å². The summed E-state index contributed by atoms with van der Waals surface area (Å²) in [4.78, 5) is 0. The van der Waals surface area contributed by atoms with Gasteiger partial charge < -0.3 is 15.2 Å². The fourth-order valence-corrected chi connectivity index (χ4v) is 3.23. The predicted molar refractivity (Wildman–Crippen MR) is 81.8 cm³/mol. The van der Waals surface area contributed by atoms with Gasteiger partial charge in [-0.3, -0.25) is 0 Å². The largest absolute Gasteiger partial charge is 0.495 e. The van der Waals surface area contributed by atoms with Crippen molar-refractivity contribution in [3.63, 3.8) is 0 Å². The van der Waals surface area contributed by atoms with E-state index in [0.717, 1.165) is 33.0 Å². The molecule has 0 saturated carbocycles. The molecular weight excluding hydrogens is 314 g/mol. The Morgan fingerprint density at radius 1 is 1.33 bits per heavy atom. The molecule has 0 aliphatic rings. The van der Waals surface area contributed by atoms with Gasteiger partial charge >= 0.3 is 0 Å². The minimum absolute atomic E-state index is 0.0290. The molecule has 0 bridgehead atoms. The molecular formula is C13H20BrNO2S. The lowest BCUT2D eigenvalue weighted by molar-refractivity contribution is 0.384. The molecule has 5 heteroatoms. The van der Waals surface area contributed by atoms with E-state index in [-0.39, 0.29) is 6.04 Å². The Bertz CT molecular complexity index is 387. The smallest absolute Gasteiger partial charge is 0.141 e. The van der Waals surface area contributed by atoms with E-state index in [1.54, 1.807) is 14.2 Å².